The highest BCUT2D eigenvalue weighted by molar-refractivity contribution is 5.60. The standard InChI is InChI=1S/C13H17N3O2/c1-7-5-10(6-8(2)11(7)17)12-15-13(18-16-12)9(3)14-4/h5-6,9,14,17H,1-4H3. The number of hydrogen-bond acceptors (Lipinski definition) is 5. The molecule has 2 N–H and O–H groups in total. The molecule has 0 bridgehead atoms. The van der Waals surface area contributed by atoms with Gasteiger partial charge < -0.3 is 14.9 Å². The fourth-order valence-electron chi connectivity index (χ4n) is 1.74. The summed E-state index contributed by atoms with van der Waals surface area (Å²) in [7, 11) is 1.84. The summed E-state index contributed by atoms with van der Waals surface area (Å²) in [5.74, 6) is 1.40. The van der Waals surface area contributed by atoms with Crippen LogP contribution in [0.4, 0.5) is 0 Å². The van der Waals surface area contributed by atoms with Gasteiger partial charge >= 0.3 is 0 Å². The zero-order valence-corrected chi connectivity index (χ0v) is 11.0. The quantitative estimate of drug-likeness (QED) is 0.871. The van der Waals surface area contributed by atoms with Gasteiger partial charge in [0, 0.05) is 5.56 Å². The molecule has 0 amide bonds. The molecule has 5 heteroatoms. The molecule has 0 aliphatic carbocycles. The first-order valence-electron chi connectivity index (χ1n) is 5.84. The summed E-state index contributed by atoms with van der Waals surface area (Å²) in [5, 5.41) is 16.7. The summed E-state index contributed by atoms with van der Waals surface area (Å²) in [6.45, 7) is 5.65. The monoisotopic (exact) mass is 247 g/mol. The Bertz CT molecular complexity index is 540. The number of aryl methyl sites for hydroxylation is 2. The van der Waals surface area contributed by atoms with Crippen molar-refractivity contribution in [3.05, 3.63) is 29.2 Å². The lowest BCUT2D eigenvalue weighted by atomic mass is 10.1. The van der Waals surface area contributed by atoms with Gasteiger partial charge in [-0.1, -0.05) is 5.16 Å². The van der Waals surface area contributed by atoms with E-state index < -0.39 is 0 Å². The van der Waals surface area contributed by atoms with E-state index in [0.717, 1.165) is 16.7 Å². The summed E-state index contributed by atoms with van der Waals surface area (Å²) in [6.07, 6.45) is 0. The van der Waals surface area contributed by atoms with Crippen LogP contribution in [0.2, 0.25) is 0 Å². The molecule has 1 aromatic heterocycles. The van der Waals surface area contributed by atoms with E-state index in [1.54, 1.807) is 0 Å². The topological polar surface area (TPSA) is 71.2 Å². The fraction of sp³-hybridized carbons (Fsp3) is 0.385. The SMILES string of the molecule is CNC(C)c1nc(-c2cc(C)c(O)c(C)c2)no1. The Hall–Kier alpha value is -1.88. The lowest BCUT2D eigenvalue weighted by molar-refractivity contribution is 0.347. The van der Waals surface area contributed by atoms with Crippen LogP contribution in [-0.2, 0) is 0 Å². The molecule has 0 radical (unpaired) electrons. The summed E-state index contributed by atoms with van der Waals surface area (Å²) >= 11 is 0. The maximum absolute atomic E-state index is 9.73. The molecule has 5 nitrogen and oxygen atoms in total. The Balaban J connectivity index is 2.40. The van der Waals surface area contributed by atoms with Gasteiger partial charge in [0.05, 0.1) is 6.04 Å². The van der Waals surface area contributed by atoms with Gasteiger partial charge in [-0.2, -0.15) is 4.98 Å². The Morgan fingerprint density at radius 3 is 2.44 bits per heavy atom. The molecule has 0 aliphatic rings. The molecule has 1 unspecified atom stereocenters. The third-order valence-electron chi connectivity index (χ3n) is 2.99. The average Bonchev–Trinajstić information content (AvgIpc) is 2.84. The molecule has 1 heterocycles. The zero-order valence-electron chi connectivity index (χ0n) is 11.0. The van der Waals surface area contributed by atoms with E-state index in [0.29, 0.717) is 17.5 Å². The number of hydrogen-bond donors (Lipinski definition) is 2. The maximum Gasteiger partial charge on any atom is 0.243 e. The summed E-state index contributed by atoms with van der Waals surface area (Å²) < 4.78 is 5.20. The maximum atomic E-state index is 9.73. The van der Waals surface area contributed by atoms with Gasteiger partial charge in [-0.3, -0.25) is 0 Å². The normalized spacial score (nSPS) is 12.7. The lowest BCUT2D eigenvalue weighted by Gasteiger charge is -2.05. The van der Waals surface area contributed by atoms with Crippen LogP contribution in [0.15, 0.2) is 16.7 Å². The van der Waals surface area contributed by atoms with Crippen molar-refractivity contribution in [3.8, 4) is 17.1 Å². The number of benzene rings is 1. The number of phenols is 1. The molecule has 1 aromatic carbocycles. The molecule has 2 rings (SSSR count). The van der Waals surface area contributed by atoms with Gasteiger partial charge in [0.2, 0.25) is 11.7 Å². The Morgan fingerprint density at radius 1 is 1.28 bits per heavy atom. The van der Waals surface area contributed by atoms with Gasteiger partial charge in [0.25, 0.3) is 0 Å². The van der Waals surface area contributed by atoms with Crippen molar-refractivity contribution in [1.29, 1.82) is 0 Å². The van der Waals surface area contributed by atoms with Crippen molar-refractivity contribution in [2.45, 2.75) is 26.8 Å². The predicted molar refractivity (Wildman–Crippen MR) is 68.3 cm³/mol. The van der Waals surface area contributed by atoms with Crippen LogP contribution < -0.4 is 5.32 Å². The predicted octanol–water partition coefficient (Wildman–Crippen LogP) is 2.34. The first-order valence-corrected chi connectivity index (χ1v) is 5.84. The fourth-order valence-corrected chi connectivity index (χ4v) is 1.74. The number of rotatable bonds is 3. The first kappa shape index (κ1) is 12.6. The van der Waals surface area contributed by atoms with E-state index in [2.05, 4.69) is 15.5 Å². The number of nitrogens with one attached hydrogen (secondary N) is 1. The molecular weight excluding hydrogens is 230 g/mol. The number of aromatic nitrogens is 2. The van der Waals surface area contributed by atoms with Crippen LogP contribution >= 0.6 is 0 Å². The molecule has 96 valence electrons. The highest BCUT2D eigenvalue weighted by Gasteiger charge is 2.14. The molecule has 0 saturated carbocycles. The van der Waals surface area contributed by atoms with Crippen molar-refractivity contribution in [1.82, 2.24) is 15.5 Å². The van der Waals surface area contributed by atoms with Crippen molar-refractivity contribution < 1.29 is 9.63 Å². The number of phenolic OH excluding ortho intramolecular Hbond substituents is 1. The third kappa shape index (κ3) is 2.22. The van der Waals surface area contributed by atoms with E-state index in [4.69, 9.17) is 4.52 Å². The van der Waals surface area contributed by atoms with Crippen LogP contribution in [0.1, 0.15) is 30.0 Å². The Labute approximate surface area is 106 Å². The second-order valence-corrected chi connectivity index (χ2v) is 4.43. The molecule has 18 heavy (non-hydrogen) atoms. The van der Waals surface area contributed by atoms with E-state index in [-0.39, 0.29) is 6.04 Å². The zero-order chi connectivity index (χ0) is 13.3. The summed E-state index contributed by atoms with van der Waals surface area (Å²) in [5.41, 5.74) is 2.46. The molecular formula is C13H17N3O2. The van der Waals surface area contributed by atoms with Gasteiger partial charge in [-0.25, -0.2) is 0 Å². The minimum absolute atomic E-state index is 0.0190. The van der Waals surface area contributed by atoms with Crippen molar-refractivity contribution in [2.24, 2.45) is 0 Å². The molecule has 0 fully saturated rings. The first-order chi connectivity index (χ1) is 8.52. The van der Waals surface area contributed by atoms with Gasteiger partial charge in [-0.15, -0.1) is 0 Å². The average molecular weight is 247 g/mol. The van der Waals surface area contributed by atoms with Gasteiger partial charge in [0.1, 0.15) is 5.75 Å². The summed E-state index contributed by atoms with van der Waals surface area (Å²) in [4.78, 5) is 4.34. The van der Waals surface area contributed by atoms with Crippen LogP contribution in [-0.4, -0.2) is 22.3 Å². The van der Waals surface area contributed by atoms with Crippen LogP contribution in [0.25, 0.3) is 11.4 Å². The van der Waals surface area contributed by atoms with E-state index in [1.807, 2.05) is 40.0 Å². The minimum Gasteiger partial charge on any atom is -0.507 e. The van der Waals surface area contributed by atoms with Crippen molar-refractivity contribution in [2.75, 3.05) is 7.05 Å². The second kappa shape index (κ2) is 4.78. The number of nitrogens with zero attached hydrogens (tertiary/aromatic N) is 2. The van der Waals surface area contributed by atoms with Crippen molar-refractivity contribution >= 4 is 0 Å². The van der Waals surface area contributed by atoms with Crippen molar-refractivity contribution in [3.63, 3.8) is 0 Å². The third-order valence-corrected chi connectivity index (χ3v) is 2.99. The minimum atomic E-state index is 0.0190. The van der Waals surface area contributed by atoms with Gasteiger partial charge in [-0.05, 0) is 51.1 Å². The largest absolute Gasteiger partial charge is 0.507 e. The second-order valence-electron chi connectivity index (χ2n) is 4.43. The Kier molecular flexibility index (Phi) is 3.34. The lowest BCUT2D eigenvalue weighted by Crippen LogP contribution is -2.12. The van der Waals surface area contributed by atoms with E-state index >= 15 is 0 Å². The molecule has 1 atom stereocenters. The molecule has 0 spiro atoms. The summed E-state index contributed by atoms with van der Waals surface area (Å²) in [6, 6.07) is 3.72. The molecule has 0 saturated heterocycles. The van der Waals surface area contributed by atoms with E-state index in [9.17, 15) is 5.11 Å². The van der Waals surface area contributed by atoms with Crippen LogP contribution in [0, 0.1) is 13.8 Å². The highest BCUT2D eigenvalue weighted by atomic mass is 16.5. The Morgan fingerprint density at radius 2 is 1.89 bits per heavy atom. The van der Waals surface area contributed by atoms with Crippen LogP contribution in [0.5, 0.6) is 5.75 Å². The smallest absolute Gasteiger partial charge is 0.243 e. The van der Waals surface area contributed by atoms with E-state index in [1.165, 1.54) is 0 Å². The molecule has 2 aromatic rings. The number of aromatic hydroxyl groups is 1. The molecule has 0 aliphatic heterocycles. The van der Waals surface area contributed by atoms with Gasteiger partial charge in [0.15, 0.2) is 0 Å². The van der Waals surface area contributed by atoms with Crippen LogP contribution in [0.3, 0.4) is 0 Å². The highest BCUT2D eigenvalue weighted by Crippen LogP contribution is 2.28.